The van der Waals surface area contributed by atoms with Crippen molar-refractivity contribution in [1.29, 1.82) is 0 Å². The van der Waals surface area contributed by atoms with Crippen LogP contribution < -0.4 is 10.2 Å². The summed E-state index contributed by atoms with van der Waals surface area (Å²) < 4.78 is 13.5. The second-order valence-corrected chi connectivity index (χ2v) is 5.85. The summed E-state index contributed by atoms with van der Waals surface area (Å²) in [4.78, 5) is 24.9. The van der Waals surface area contributed by atoms with Gasteiger partial charge in [0.15, 0.2) is 0 Å². The van der Waals surface area contributed by atoms with E-state index in [0.29, 0.717) is 0 Å². The molecule has 0 saturated carbocycles. The lowest BCUT2D eigenvalue weighted by atomic mass is 10.3. The number of hydrogen-bond donors (Lipinski definition) is 1. The van der Waals surface area contributed by atoms with Gasteiger partial charge in [0.1, 0.15) is 5.82 Å². The first-order valence-corrected chi connectivity index (χ1v) is 7.92. The van der Waals surface area contributed by atoms with Crippen molar-refractivity contribution in [3.8, 4) is 0 Å². The summed E-state index contributed by atoms with van der Waals surface area (Å²) in [5.74, 6) is 0.0865. The quantitative estimate of drug-likeness (QED) is 0.925. The summed E-state index contributed by atoms with van der Waals surface area (Å²) in [6, 6.07) is 6.17. The largest absolute Gasteiger partial charge is 0.338 e. The third-order valence-corrected chi connectivity index (χ3v) is 3.94. The summed E-state index contributed by atoms with van der Waals surface area (Å²) in [6.07, 6.45) is 3.60. The number of aryl methyl sites for hydroxylation is 1. The van der Waals surface area contributed by atoms with Gasteiger partial charge in [-0.3, -0.25) is 9.69 Å². The van der Waals surface area contributed by atoms with E-state index in [1.54, 1.807) is 30.6 Å². The molecular formula is C17H20FN5O. The fraction of sp³-hybridized carbons (Fsp3) is 0.353. The number of benzene rings is 1. The molecule has 1 amide bonds. The molecule has 1 N–H and O–H groups in total. The zero-order valence-electron chi connectivity index (χ0n) is 13.6. The highest BCUT2D eigenvalue weighted by Crippen LogP contribution is 2.13. The minimum absolute atomic E-state index is 0.208. The Bertz CT molecular complexity index is 698. The smallest absolute Gasteiger partial charge is 0.238 e. The number of hydrogen-bond acceptors (Lipinski definition) is 5. The highest BCUT2D eigenvalue weighted by atomic mass is 19.1. The third-order valence-electron chi connectivity index (χ3n) is 3.94. The van der Waals surface area contributed by atoms with E-state index in [1.807, 2.05) is 11.8 Å². The van der Waals surface area contributed by atoms with E-state index >= 15 is 0 Å². The van der Waals surface area contributed by atoms with Gasteiger partial charge in [0.2, 0.25) is 11.9 Å². The van der Waals surface area contributed by atoms with Gasteiger partial charge in [-0.2, -0.15) is 0 Å². The van der Waals surface area contributed by atoms with Crippen molar-refractivity contribution in [2.45, 2.75) is 6.92 Å². The molecule has 7 heteroatoms. The van der Waals surface area contributed by atoms with Gasteiger partial charge in [-0.1, -0.05) is 12.1 Å². The number of nitrogens with zero attached hydrogens (tertiary/aromatic N) is 4. The molecule has 1 aromatic heterocycles. The average molecular weight is 329 g/mol. The Morgan fingerprint density at radius 3 is 2.50 bits per heavy atom. The number of rotatable bonds is 4. The van der Waals surface area contributed by atoms with E-state index in [2.05, 4.69) is 20.2 Å². The molecule has 1 aliphatic rings. The van der Waals surface area contributed by atoms with Crippen molar-refractivity contribution in [3.05, 3.63) is 48.0 Å². The van der Waals surface area contributed by atoms with Gasteiger partial charge in [-0.15, -0.1) is 0 Å². The zero-order valence-corrected chi connectivity index (χ0v) is 13.6. The van der Waals surface area contributed by atoms with Crippen molar-refractivity contribution in [2.24, 2.45) is 0 Å². The van der Waals surface area contributed by atoms with E-state index in [0.717, 1.165) is 37.7 Å². The van der Waals surface area contributed by atoms with Crippen LogP contribution in [0.25, 0.3) is 0 Å². The zero-order chi connectivity index (χ0) is 16.9. The third kappa shape index (κ3) is 4.05. The molecule has 0 bridgehead atoms. The minimum atomic E-state index is -0.424. The Balaban J connectivity index is 1.49. The van der Waals surface area contributed by atoms with Crippen LogP contribution in [0.5, 0.6) is 0 Å². The molecule has 2 aromatic rings. The standard InChI is InChI=1S/C17H20FN5O/c1-13-10-19-17(20-11-13)23-8-6-22(7-9-23)12-16(24)21-15-5-3-2-4-14(15)18/h2-5,10-11H,6-9,12H2,1H3,(H,21,24). The van der Waals surface area contributed by atoms with Gasteiger partial charge in [-0.05, 0) is 24.6 Å². The van der Waals surface area contributed by atoms with Crippen LogP contribution in [0.2, 0.25) is 0 Å². The molecule has 126 valence electrons. The fourth-order valence-corrected chi connectivity index (χ4v) is 2.61. The van der Waals surface area contributed by atoms with Crippen molar-refractivity contribution < 1.29 is 9.18 Å². The monoisotopic (exact) mass is 329 g/mol. The number of halogens is 1. The Morgan fingerprint density at radius 1 is 1.17 bits per heavy atom. The van der Waals surface area contributed by atoms with E-state index in [-0.39, 0.29) is 18.1 Å². The molecular weight excluding hydrogens is 309 g/mol. The van der Waals surface area contributed by atoms with Crippen molar-refractivity contribution >= 4 is 17.5 Å². The highest BCUT2D eigenvalue weighted by molar-refractivity contribution is 5.92. The fourth-order valence-electron chi connectivity index (χ4n) is 2.61. The van der Waals surface area contributed by atoms with E-state index in [1.165, 1.54) is 6.07 Å². The van der Waals surface area contributed by atoms with Crippen molar-refractivity contribution in [2.75, 3.05) is 42.9 Å². The molecule has 24 heavy (non-hydrogen) atoms. The summed E-state index contributed by atoms with van der Waals surface area (Å²) in [6.45, 7) is 5.20. The maximum Gasteiger partial charge on any atom is 0.238 e. The van der Waals surface area contributed by atoms with Gasteiger partial charge >= 0.3 is 0 Å². The number of nitrogens with one attached hydrogen (secondary N) is 1. The van der Waals surface area contributed by atoms with Crippen LogP contribution in [-0.2, 0) is 4.79 Å². The van der Waals surface area contributed by atoms with Crippen LogP contribution in [-0.4, -0.2) is 53.5 Å². The van der Waals surface area contributed by atoms with Crippen LogP contribution in [0.4, 0.5) is 16.0 Å². The average Bonchev–Trinajstić information content (AvgIpc) is 2.58. The maximum atomic E-state index is 13.5. The second-order valence-electron chi connectivity index (χ2n) is 5.85. The lowest BCUT2D eigenvalue weighted by Gasteiger charge is -2.34. The predicted octanol–water partition coefficient (Wildman–Crippen LogP) is 1.68. The molecule has 1 aliphatic heterocycles. The van der Waals surface area contributed by atoms with E-state index < -0.39 is 5.82 Å². The van der Waals surface area contributed by atoms with Crippen molar-refractivity contribution in [1.82, 2.24) is 14.9 Å². The van der Waals surface area contributed by atoms with Crippen LogP contribution in [0, 0.1) is 12.7 Å². The number of anilines is 2. The Labute approximate surface area is 140 Å². The lowest BCUT2D eigenvalue weighted by Crippen LogP contribution is -2.49. The van der Waals surface area contributed by atoms with E-state index in [9.17, 15) is 9.18 Å². The summed E-state index contributed by atoms with van der Waals surface area (Å²) in [5.41, 5.74) is 1.25. The lowest BCUT2D eigenvalue weighted by molar-refractivity contribution is -0.117. The molecule has 0 aliphatic carbocycles. The molecule has 1 aromatic carbocycles. The summed E-state index contributed by atoms with van der Waals surface area (Å²) in [7, 11) is 0. The molecule has 3 rings (SSSR count). The molecule has 2 heterocycles. The van der Waals surface area contributed by atoms with Gasteiger partial charge < -0.3 is 10.2 Å². The minimum Gasteiger partial charge on any atom is -0.338 e. The number of carbonyl (C=O) groups is 1. The predicted molar refractivity (Wildman–Crippen MR) is 90.5 cm³/mol. The second kappa shape index (κ2) is 7.35. The Kier molecular flexibility index (Phi) is 5.00. The Morgan fingerprint density at radius 2 is 1.83 bits per heavy atom. The molecule has 0 spiro atoms. The highest BCUT2D eigenvalue weighted by Gasteiger charge is 2.20. The number of carbonyl (C=O) groups excluding carboxylic acids is 1. The molecule has 1 saturated heterocycles. The first-order valence-electron chi connectivity index (χ1n) is 7.92. The number of piperazine rings is 1. The van der Waals surface area contributed by atoms with Crippen LogP contribution in [0.3, 0.4) is 0 Å². The van der Waals surface area contributed by atoms with Crippen LogP contribution in [0.15, 0.2) is 36.7 Å². The van der Waals surface area contributed by atoms with Gasteiger partial charge in [-0.25, -0.2) is 14.4 Å². The number of para-hydroxylation sites is 1. The molecule has 0 radical (unpaired) electrons. The van der Waals surface area contributed by atoms with Gasteiger partial charge in [0.25, 0.3) is 0 Å². The first-order chi connectivity index (χ1) is 11.6. The van der Waals surface area contributed by atoms with Crippen LogP contribution >= 0.6 is 0 Å². The SMILES string of the molecule is Cc1cnc(N2CCN(CC(=O)Nc3ccccc3F)CC2)nc1. The molecule has 1 fully saturated rings. The molecule has 6 nitrogen and oxygen atoms in total. The number of amides is 1. The van der Waals surface area contributed by atoms with Gasteiger partial charge in [0.05, 0.1) is 12.2 Å². The molecule has 0 unspecified atom stereocenters. The number of aromatic nitrogens is 2. The van der Waals surface area contributed by atoms with Crippen molar-refractivity contribution in [3.63, 3.8) is 0 Å². The van der Waals surface area contributed by atoms with E-state index in [4.69, 9.17) is 0 Å². The Hall–Kier alpha value is -2.54. The normalized spacial score (nSPS) is 15.3. The van der Waals surface area contributed by atoms with Gasteiger partial charge in [0, 0.05) is 38.6 Å². The maximum absolute atomic E-state index is 13.5. The summed E-state index contributed by atoms with van der Waals surface area (Å²) in [5, 5.41) is 2.61. The topological polar surface area (TPSA) is 61.4 Å². The first kappa shape index (κ1) is 16.3. The summed E-state index contributed by atoms with van der Waals surface area (Å²) >= 11 is 0. The molecule has 0 atom stereocenters. The van der Waals surface area contributed by atoms with Crippen LogP contribution in [0.1, 0.15) is 5.56 Å².